The normalized spacial score (nSPS) is 20.4. The van der Waals surface area contributed by atoms with Crippen LogP contribution >= 0.6 is 0 Å². The molecule has 0 aromatic heterocycles. The number of hydrogen-bond acceptors (Lipinski definition) is 3. The Balaban J connectivity index is 1.58. The predicted octanol–water partition coefficient (Wildman–Crippen LogP) is 6.23. The molecule has 2 N–H and O–H groups in total. The van der Waals surface area contributed by atoms with Crippen molar-refractivity contribution in [1.29, 1.82) is 0 Å². The minimum Gasteiger partial charge on any atom is -0.457 e. The number of ether oxygens (including phenoxy) is 1. The van der Waals surface area contributed by atoms with Gasteiger partial charge in [0, 0.05) is 12.0 Å². The number of benzene rings is 2. The van der Waals surface area contributed by atoms with Gasteiger partial charge in [-0.25, -0.2) is 4.79 Å². The number of esters is 1. The third-order valence-corrected chi connectivity index (χ3v) is 6.49. The van der Waals surface area contributed by atoms with E-state index in [4.69, 9.17) is 10.5 Å². The number of amides is 2. The number of urea groups is 1. The molecule has 172 valence electrons. The zero-order valence-electron chi connectivity index (χ0n) is 19.5. The predicted molar refractivity (Wildman–Crippen MR) is 131 cm³/mol. The number of nitrogens with two attached hydrogens (primary N) is 1. The summed E-state index contributed by atoms with van der Waals surface area (Å²) in [6.07, 6.45) is 8.53. The highest BCUT2D eigenvalue weighted by atomic mass is 16.5. The van der Waals surface area contributed by atoms with Crippen molar-refractivity contribution in [2.24, 2.45) is 23.5 Å². The summed E-state index contributed by atoms with van der Waals surface area (Å²) in [6.45, 7) is 6.36. The summed E-state index contributed by atoms with van der Waals surface area (Å²) in [5.74, 6) is 0.550. The Hall–Kier alpha value is -3.34. The van der Waals surface area contributed by atoms with Crippen LogP contribution in [0.3, 0.4) is 0 Å². The number of nitrogens with zero attached hydrogens (tertiary/aromatic N) is 1. The SMILES string of the molecule is CC(C)CC1C=CC(C(C)C(=O)OC2Cc3ccccc3N(C(N)=O)c3ccccc32)=CC1. The van der Waals surface area contributed by atoms with Crippen molar-refractivity contribution in [2.75, 3.05) is 4.90 Å². The van der Waals surface area contributed by atoms with Gasteiger partial charge in [0.1, 0.15) is 6.10 Å². The van der Waals surface area contributed by atoms with Crippen LogP contribution in [0.5, 0.6) is 0 Å². The second-order valence-electron chi connectivity index (χ2n) is 9.40. The van der Waals surface area contributed by atoms with E-state index in [9.17, 15) is 9.59 Å². The van der Waals surface area contributed by atoms with Crippen molar-refractivity contribution < 1.29 is 14.3 Å². The Morgan fingerprint density at radius 2 is 1.76 bits per heavy atom. The Morgan fingerprint density at radius 3 is 2.42 bits per heavy atom. The van der Waals surface area contributed by atoms with Crippen LogP contribution in [0.2, 0.25) is 0 Å². The molecule has 5 nitrogen and oxygen atoms in total. The third kappa shape index (κ3) is 4.87. The summed E-state index contributed by atoms with van der Waals surface area (Å²) < 4.78 is 6.10. The summed E-state index contributed by atoms with van der Waals surface area (Å²) in [5, 5.41) is 0. The first-order valence-corrected chi connectivity index (χ1v) is 11.7. The number of rotatable bonds is 5. The second kappa shape index (κ2) is 9.65. The molecule has 5 heteroatoms. The van der Waals surface area contributed by atoms with Gasteiger partial charge in [-0.1, -0.05) is 68.5 Å². The molecule has 3 unspecified atom stereocenters. The van der Waals surface area contributed by atoms with Gasteiger partial charge in [-0.15, -0.1) is 0 Å². The van der Waals surface area contributed by atoms with Crippen molar-refractivity contribution in [3.8, 4) is 0 Å². The van der Waals surface area contributed by atoms with Gasteiger partial charge in [0.05, 0.1) is 17.3 Å². The average molecular weight is 445 g/mol. The Bertz CT molecular complexity index is 1100. The lowest BCUT2D eigenvalue weighted by atomic mass is 9.86. The summed E-state index contributed by atoms with van der Waals surface area (Å²) in [4.78, 5) is 27.1. The highest BCUT2D eigenvalue weighted by Crippen LogP contribution is 2.41. The van der Waals surface area contributed by atoms with Gasteiger partial charge >= 0.3 is 12.0 Å². The molecule has 0 bridgehead atoms. The number of carbonyl (C=O) groups excluding carboxylic acids is 2. The van der Waals surface area contributed by atoms with E-state index >= 15 is 0 Å². The van der Waals surface area contributed by atoms with Gasteiger partial charge < -0.3 is 10.5 Å². The number of hydrogen-bond donors (Lipinski definition) is 1. The summed E-state index contributed by atoms with van der Waals surface area (Å²) in [5.41, 5.74) is 9.82. The maximum Gasteiger partial charge on any atom is 0.323 e. The van der Waals surface area contributed by atoms with E-state index in [1.807, 2.05) is 55.5 Å². The van der Waals surface area contributed by atoms with Crippen LogP contribution in [0.1, 0.15) is 50.8 Å². The van der Waals surface area contributed by atoms with Crippen molar-refractivity contribution in [1.82, 2.24) is 0 Å². The first kappa shape index (κ1) is 22.8. The van der Waals surface area contributed by atoms with Crippen LogP contribution in [-0.2, 0) is 16.0 Å². The molecule has 0 spiro atoms. The fraction of sp³-hybridized carbons (Fsp3) is 0.357. The highest BCUT2D eigenvalue weighted by molar-refractivity contribution is 6.00. The number of para-hydroxylation sites is 2. The molecular weight excluding hydrogens is 412 g/mol. The molecule has 3 atom stereocenters. The van der Waals surface area contributed by atoms with E-state index < -0.39 is 12.1 Å². The van der Waals surface area contributed by atoms with Gasteiger partial charge in [0.2, 0.25) is 0 Å². The van der Waals surface area contributed by atoms with Crippen LogP contribution in [0.25, 0.3) is 0 Å². The van der Waals surface area contributed by atoms with E-state index in [1.54, 1.807) is 0 Å². The van der Waals surface area contributed by atoms with Crippen LogP contribution < -0.4 is 10.6 Å². The molecule has 2 amide bonds. The molecule has 0 fully saturated rings. The van der Waals surface area contributed by atoms with Crippen LogP contribution in [0.4, 0.5) is 16.2 Å². The number of carbonyl (C=O) groups is 2. The molecule has 2 aliphatic rings. The maximum absolute atomic E-state index is 13.2. The minimum absolute atomic E-state index is 0.266. The lowest BCUT2D eigenvalue weighted by Gasteiger charge is -2.24. The number of anilines is 2. The molecule has 1 heterocycles. The first-order chi connectivity index (χ1) is 15.8. The smallest absolute Gasteiger partial charge is 0.323 e. The topological polar surface area (TPSA) is 72.6 Å². The fourth-order valence-electron chi connectivity index (χ4n) is 4.81. The molecule has 0 saturated heterocycles. The molecule has 1 aliphatic heterocycles. The number of primary amides is 1. The lowest BCUT2D eigenvalue weighted by Crippen LogP contribution is -2.32. The van der Waals surface area contributed by atoms with Crippen molar-refractivity contribution in [2.45, 2.75) is 46.1 Å². The van der Waals surface area contributed by atoms with Gasteiger partial charge in [-0.2, -0.15) is 0 Å². The molecule has 0 radical (unpaired) electrons. The molecule has 2 aromatic rings. The van der Waals surface area contributed by atoms with E-state index in [2.05, 4.69) is 32.1 Å². The van der Waals surface area contributed by atoms with Crippen LogP contribution in [0, 0.1) is 17.8 Å². The summed E-state index contributed by atoms with van der Waals surface area (Å²) >= 11 is 0. The van der Waals surface area contributed by atoms with E-state index in [1.165, 1.54) is 4.90 Å². The largest absolute Gasteiger partial charge is 0.457 e. The third-order valence-electron chi connectivity index (χ3n) is 6.49. The molecule has 33 heavy (non-hydrogen) atoms. The Morgan fingerprint density at radius 1 is 1.06 bits per heavy atom. The highest BCUT2D eigenvalue weighted by Gasteiger charge is 2.32. The summed E-state index contributed by atoms with van der Waals surface area (Å²) in [7, 11) is 0. The lowest BCUT2D eigenvalue weighted by molar-refractivity contribution is -0.152. The second-order valence-corrected chi connectivity index (χ2v) is 9.40. The molecule has 4 rings (SSSR count). The molecule has 0 saturated carbocycles. The minimum atomic E-state index is -0.566. The molecule has 1 aliphatic carbocycles. The number of allylic oxidation sites excluding steroid dienone is 3. The van der Waals surface area contributed by atoms with Crippen molar-refractivity contribution in [3.05, 3.63) is 83.5 Å². The molecular formula is C28H32N2O3. The zero-order valence-corrected chi connectivity index (χ0v) is 19.5. The van der Waals surface area contributed by atoms with Crippen LogP contribution in [-0.4, -0.2) is 12.0 Å². The van der Waals surface area contributed by atoms with Gasteiger partial charge in [-0.05, 0) is 54.9 Å². The fourth-order valence-corrected chi connectivity index (χ4v) is 4.81. The van der Waals surface area contributed by atoms with Gasteiger partial charge in [0.15, 0.2) is 0 Å². The standard InChI is InChI=1S/C28H32N2O3/c1-18(2)16-20-12-14-21(15-13-20)19(3)27(31)33-26-17-22-8-4-6-10-24(22)30(28(29)32)25-11-7-5-9-23(25)26/h4-12,14-15,18-20,26H,13,16-17H2,1-3H3,(H2,29,32). The molecule has 2 aromatic carbocycles. The monoisotopic (exact) mass is 444 g/mol. The zero-order chi connectivity index (χ0) is 23.5. The Kier molecular flexibility index (Phi) is 6.68. The van der Waals surface area contributed by atoms with E-state index in [0.717, 1.165) is 35.2 Å². The maximum atomic E-state index is 13.2. The first-order valence-electron chi connectivity index (χ1n) is 11.7. The van der Waals surface area contributed by atoms with Crippen LogP contribution in [0.15, 0.2) is 72.3 Å². The van der Waals surface area contributed by atoms with Crippen molar-refractivity contribution in [3.63, 3.8) is 0 Å². The van der Waals surface area contributed by atoms with Gasteiger partial charge in [-0.3, -0.25) is 9.69 Å². The van der Waals surface area contributed by atoms with Gasteiger partial charge in [0.25, 0.3) is 0 Å². The van der Waals surface area contributed by atoms with E-state index in [0.29, 0.717) is 23.9 Å². The Labute approximate surface area is 195 Å². The number of fused-ring (bicyclic) bond motifs is 2. The average Bonchev–Trinajstić information content (AvgIpc) is 2.93. The summed E-state index contributed by atoms with van der Waals surface area (Å²) in [6, 6.07) is 14.5. The van der Waals surface area contributed by atoms with E-state index in [-0.39, 0.29) is 11.9 Å². The van der Waals surface area contributed by atoms with Crippen molar-refractivity contribution >= 4 is 23.4 Å². The quantitative estimate of drug-likeness (QED) is 0.556.